The fourth-order valence-electron chi connectivity index (χ4n) is 2.42. The summed E-state index contributed by atoms with van der Waals surface area (Å²) in [6, 6.07) is 0. The van der Waals surface area contributed by atoms with Crippen LogP contribution in [0.2, 0.25) is 0 Å². The van der Waals surface area contributed by atoms with Crippen LogP contribution < -0.4 is 0 Å². The van der Waals surface area contributed by atoms with Crippen molar-refractivity contribution in [1.82, 2.24) is 0 Å². The van der Waals surface area contributed by atoms with Gasteiger partial charge >= 0.3 is 5.97 Å². The Kier molecular flexibility index (Phi) is 6.90. The molecule has 8 heteroatoms. The van der Waals surface area contributed by atoms with E-state index in [1.807, 2.05) is 18.2 Å². The van der Waals surface area contributed by atoms with Crippen LogP contribution in [-0.4, -0.2) is 76.9 Å². The molecule has 0 aromatic carbocycles. The molecule has 0 bridgehead atoms. The first-order valence-electron chi connectivity index (χ1n) is 7.87. The van der Waals surface area contributed by atoms with Crippen molar-refractivity contribution < 1.29 is 39.4 Å². The number of ether oxygens (including phenoxy) is 3. The van der Waals surface area contributed by atoms with Gasteiger partial charge < -0.3 is 34.6 Å². The number of aliphatic hydroxyl groups is 4. The predicted molar refractivity (Wildman–Crippen MR) is 81.7 cm³/mol. The smallest absolute Gasteiger partial charge is 0.311 e. The molecular formula is C16H24O8. The molecule has 0 aromatic heterocycles. The van der Waals surface area contributed by atoms with E-state index in [0.29, 0.717) is 0 Å². The van der Waals surface area contributed by atoms with E-state index < -0.39 is 49.2 Å². The van der Waals surface area contributed by atoms with Crippen LogP contribution in [0.5, 0.6) is 0 Å². The average molecular weight is 344 g/mol. The largest absolute Gasteiger partial charge is 0.461 e. The van der Waals surface area contributed by atoms with Crippen LogP contribution in [0.1, 0.15) is 13.3 Å². The summed E-state index contributed by atoms with van der Waals surface area (Å²) < 4.78 is 15.7. The third-order valence-corrected chi connectivity index (χ3v) is 4.01. The Hall–Kier alpha value is -1.29. The zero-order valence-electron chi connectivity index (χ0n) is 13.4. The van der Waals surface area contributed by atoms with E-state index in [-0.39, 0.29) is 13.2 Å². The molecule has 0 amide bonds. The molecule has 4 N–H and O–H groups in total. The maximum absolute atomic E-state index is 11.9. The lowest BCUT2D eigenvalue weighted by Crippen LogP contribution is -2.59. The van der Waals surface area contributed by atoms with Gasteiger partial charge in [0.15, 0.2) is 6.29 Å². The quantitative estimate of drug-likeness (QED) is 0.428. The second kappa shape index (κ2) is 8.70. The first-order chi connectivity index (χ1) is 11.4. The molecule has 0 aromatic rings. The Morgan fingerprint density at radius 3 is 2.71 bits per heavy atom. The van der Waals surface area contributed by atoms with E-state index in [4.69, 9.17) is 19.3 Å². The SMILES string of the molecule is C[C@H](CO[C@H]1O[C@H](CO)[C@@H](O)[C@H](O)[C@@H]1O)C(=O)OCC1=CC=CC1. The summed E-state index contributed by atoms with van der Waals surface area (Å²) in [4.78, 5) is 11.9. The van der Waals surface area contributed by atoms with Crippen molar-refractivity contribution in [2.24, 2.45) is 5.92 Å². The lowest BCUT2D eigenvalue weighted by Gasteiger charge is -2.39. The van der Waals surface area contributed by atoms with E-state index >= 15 is 0 Å². The molecule has 0 unspecified atom stereocenters. The summed E-state index contributed by atoms with van der Waals surface area (Å²) in [5.41, 5.74) is 1.01. The fourth-order valence-corrected chi connectivity index (χ4v) is 2.42. The molecule has 24 heavy (non-hydrogen) atoms. The van der Waals surface area contributed by atoms with Crippen molar-refractivity contribution in [3.05, 3.63) is 23.8 Å². The number of hydrogen-bond donors (Lipinski definition) is 4. The third-order valence-electron chi connectivity index (χ3n) is 4.01. The van der Waals surface area contributed by atoms with Crippen LogP contribution in [0.15, 0.2) is 23.8 Å². The monoisotopic (exact) mass is 344 g/mol. The first kappa shape index (κ1) is 19.0. The molecule has 1 heterocycles. The van der Waals surface area contributed by atoms with Crippen molar-refractivity contribution in [1.29, 1.82) is 0 Å². The topological polar surface area (TPSA) is 126 Å². The van der Waals surface area contributed by atoms with Crippen molar-refractivity contribution >= 4 is 5.97 Å². The molecule has 136 valence electrons. The van der Waals surface area contributed by atoms with Gasteiger partial charge in [-0.2, -0.15) is 0 Å². The van der Waals surface area contributed by atoms with Crippen LogP contribution >= 0.6 is 0 Å². The minimum Gasteiger partial charge on any atom is -0.461 e. The van der Waals surface area contributed by atoms with E-state index in [2.05, 4.69) is 0 Å². The lowest BCUT2D eigenvalue weighted by molar-refractivity contribution is -0.302. The molecule has 1 saturated heterocycles. The van der Waals surface area contributed by atoms with Crippen LogP contribution in [0.3, 0.4) is 0 Å². The van der Waals surface area contributed by atoms with Crippen molar-refractivity contribution in [2.75, 3.05) is 19.8 Å². The zero-order valence-corrected chi connectivity index (χ0v) is 13.4. The molecule has 0 spiro atoms. The summed E-state index contributed by atoms with van der Waals surface area (Å²) in [6.07, 6.45) is -0.212. The molecule has 0 saturated carbocycles. The highest BCUT2D eigenvalue weighted by Gasteiger charge is 2.44. The number of carbonyl (C=O) groups is 1. The Labute approximate surface area is 140 Å². The van der Waals surface area contributed by atoms with Crippen LogP contribution in [0.25, 0.3) is 0 Å². The molecule has 8 nitrogen and oxygen atoms in total. The average Bonchev–Trinajstić information content (AvgIpc) is 3.10. The molecular weight excluding hydrogens is 320 g/mol. The Morgan fingerprint density at radius 2 is 2.08 bits per heavy atom. The summed E-state index contributed by atoms with van der Waals surface area (Å²) in [6.45, 7) is 1.19. The van der Waals surface area contributed by atoms with Crippen LogP contribution in [0, 0.1) is 5.92 Å². The molecule has 0 radical (unpaired) electrons. The van der Waals surface area contributed by atoms with Gasteiger partial charge in [0.1, 0.15) is 31.0 Å². The van der Waals surface area contributed by atoms with Gasteiger partial charge in [-0.25, -0.2) is 0 Å². The van der Waals surface area contributed by atoms with Crippen LogP contribution in [-0.2, 0) is 19.0 Å². The summed E-state index contributed by atoms with van der Waals surface area (Å²) >= 11 is 0. The van der Waals surface area contributed by atoms with Gasteiger partial charge in [0, 0.05) is 0 Å². The normalized spacial score (nSPS) is 34.0. The third kappa shape index (κ3) is 4.62. The second-order valence-corrected chi connectivity index (χ2v) is 6.00. The van der Waals surface area contributed by atoms with Gasteiger partial charge in [-0.3, -0.25) is 4.79 Å². The standard InChI is InChI=1S/C16H24O8/c1-9(15(21)22-8-10-4-2-3-5-10)7-23-16-14(20)13(19)12(18)11(6-17)24-16/h2-4,9,11-14,16-20H,5-8H2,1H3/t9-,11-,12-,13+,14+,16+/m1/s1. The number of allylic oxidation sites excluding steroid dienone is 3. The maximum Gasteiger partial charge on any atom is 0.311 e. The maximum atomic E-state index is 11.9. The highest BCUT2D eigenvalue weighted by molar-refractivity contribution is 5.72. The van der Waals surface area contributed by atoms with Gasteiger partial charge in [-0.05, 0) is 18.9 Å². The second-order valence-electron chi connectivity index (χ2n) is 6.00. The summed E-state index contributed by atoms with van der Waals surface area (Å²) in [7, 11) is 0. The van der Waals surface area contributed by atoms with Crippen LogP contribution in [0.4, 0.5) is 0 Å². The first-order valence-corrected chi connectivity index (χ1v) is 7.87. The van der Waals surface area contributed by atoms with Gasteiger partial charge in [0.05, 0.1) is 19.1 Å². The number of carbonyl (C=O) groups excluding carboxylic acids is 1. The minimum atomic E-state index is -1.51. The predicted octanol–water partition coefficient (Wildman–Crippen LogP) is -1.13. The van der Waals surface area contributed by atoms with E-state index in [9.17, 15) is 20.1 Å². The van der Waals surface area contributed by atoms with Crippen molar-refractivity contribution in [3.8, 4) is 0 Å². The highest BCUT2D eigenvalue weighted by atomic mass is 16.7. The van der Waals surface area contributed by atoms with Gasteiger partial charge in [0.2, 0.25) is 0 Å². The van der Waals surface area contributed by atoms with Gasteiger partial charge in [-0.15, -0.1) is 0 Å². The summed E-state index contributed by atoms with van der Waals surface area (Å²) in [5.74, 6) is -1.06. The minimum absolute atomic E-state index is 0.0984. The molecule has 1 aliphatic heterocycles. The number of rotatable bonds is 7. The fraction of sp³-hybridized carbons (Fsp3) is 0.688. The number of hydrogen-bond acceptors (Lipinski definition) is 8. The zero-order chi connectivity index (χ0) is 17.7. The van der Waals surface area contributed by atoms with Crippen molar-refractivity contribution in [2.45, 2.75) is 44.1 Å². The highest BCUT2D eigenvalue weighted by Crippen LogP contribution is 2.22. The Morgan fingerprint density at radius 1 is 1.33 bits per heavy atom. The molecule has 6 atom stereocenters. The molecule has 1 fully saturated rings. The molecule has 2 aliphatic rings. The molecule has 2 rings (SSSR count). The van der Waals surface area contributed by atoms with E-state index in [0.717, 1.165) is 12.0 Å². The van der Waals surface area contributed by atoms with Crippen molar-refractivity contribution in [3.63, 3.8) is 0 Å². The number of aliphatic hydroxyl groups excluding tert-OH is 4. The lowest BCUT2D eigenvalue weighted by atomic mass is 9.99. The van der Waals surface area contributed by atoms with Gasteiger partial charge in [0.25, 0.3) is 0 Å². The number of esters is 1. The molecule has 1 aliphatic carbocycles. The van der Waals surface area contributed by atoms with E-state index in [1.165, 1.54) is 0 Å². The van der Waals surface area contributed by atoms with Gasteiger partial charge in [-0.1, -0.05) is 18.2 Å². The Balaban J connectivity index is 1.77. The van der Waals surface area contributed by atoms with E-state index in [1.54, 1.807) is 6.92 Å². The summed E-state index contributed by atoms with van der Waals surface area (Å²) in [5, 5.41) is 38.3. The Bertz CT molecular complexity index is 486.